The highest BCUT2D eigenvalue weighted by Crippen LogP contribution is 2.65. The van der Waals surface area contributed by atoms with Crippen LogP contribution in [0.2, 0.25) is 0 Å². The molecule has 0 amide bonds. The minimum atomic E-state index is -0.214. The normalized spacial score (nSPS) is 43.9. The summed E-state index contributed by atoms with van der Waals surface area (Å²) in [4.78, 5) is 0. The molecule has 3 aliphatic rings. The topological polar surface area (TPSA) is 29.5 Å². The van der Waals surface area contributed by atoms with E-state index in [2.05, 4.69) is 26.8 Å². The highest BCUT2D eigenvalue weighted by atomic mass is 16.5. The van der Waals surface area contributed by atoms with Crippen LogP contribution in [0.25, 0.3) is 0 Å². The van der Waals surface area contributed by atoms with Crippen molar-refractivity contribution >= 4 is 0 Å². The zero-order valence-electron chi connectivity index (χ0n) is 13.5. The van der Waals surface area contributed by atoms with Gasteiger partial charge in [0.25, 0.3) is 0 Å². The van der Waals surface area contributed by atoms with Crippen LogP contribution < -0.4 is 0 Å². The van der Waals surface area contributed by atoms with Crippen LogP contribution in [0.4, 0.5) is 0 Å². The van der Waals surface area contributed by atoms with Crippen LogP contribution in [0.15, 0.2) is 11.6 Å². The van der Waals surface area contributed by atoms with Crippen molar-refractivity contribution in [3.05, 3.63) is 11.6 Å². The molecule has 1 spiro atoms. The molecule has 1 saturated heterocycles. The van der Waals surface area contributed by atoms with Crippen molar-refractivity contribution < 1.29 is 9.84 Å². The Hall–Kier alpha value is -0.340. The summed E-state index contributed by atoms with van der Waals surface area (Å²) in [6.07, 6.45) is 10.3. The zero-order chi connectivity index (χ0) is 14.6. The van der Waals surface area contributed by atoms with E-state index >= 15 is 0 Å². The molecule has 0 unspecified atom stereocenters. The van der Waals surface area contributed by atoms with Gasteiger partial charge in [0.05, 0.1) is 17.3 Å². The van der Waals surface area contributed by atoms with E-state index in [0.717, 1.165) is 12.8 Å². The molecule has 3 rings (SSSR count). The van der Waals surface area contributed by atoms with Gasteiger partial charge in [-0.1, -0.05) is 13.0 Å². The van der Waals surface area contributed by atoms with E-state index in [-0.39, 0.29) is 17.3 Å². The van der Waals surface area contributed by atoms with Gasteiger partial charge in [-0.15, -0.1) is 0 Å². The zero-order valence-corrected chi connectivity index (χ0v) is 13.5. The second-order valence-corrected chi connectivity index (χ2v) is 8.19. The molecule has 0 radical (unpaired) electrons. The second-order valence-electron chi connectivity index (χ2n) is 8.19. The van der Waals surface area contributed by atoms with Crippen molar-refractivity contribution in [2.45, 2.75) is 89.9 Å². The van der Waals surface area contributed by atoms with E-state index in [1.54, 1.807) is 0 Å². The first-order chi connectivity index (χ1) is 9.29. The number of allylic oxidation sites excluding steroid dienone is 1. The standard InChI is InChI=1S/C18H30O2/c1-13(19)7-8-14-6-5-10-17(4)11-9-15-12-18(14,17)20-16(15,2)3/h6,13,15,19H,5,7-12H2,1-4H3/t13-,15-,17-,18+/m1/s1. The lowest BCUT2D eigenvalue weighted by atomic mass is 9.55. The molecule has 114 valence electrons. The molecule has 4 atom stereocenters. The largest absolute Gasteiger partial charge is 0.393 e. The molecule has 2 aliphatic carbocycles. The monoisotopic (exact) mass is 278 g/mol. The van der Waals surface area contributed by atoms with E-state index in [1.807, 2.05) is 6.92 Å². The Bertz CT molecular complexity index is 423. The number of ether oxygens (including phenoxy) is 1. The van der Waals surface area contributed by atoms with Crippen molar-refractivity contribution in [1.29, 1.82) is 0 Å². The molecule has 1 heterocycles. The second kappa shape index (κ2) is 4.58. The first-order valence-corrected chi connectivity index (χ1v) is 8.37. The lowest BCUT2D eigenvalue weighted by Crippen LogP contribution is -2.51. The van der Waals surface area contributed by atoms with Gasteiger partial charge >= 0.3 is 0 Å². The lowest BCUT2D eigenvalue weighted by molar-refractivity contribution is -0.132. The fourth-order valence-electron chi connectivity index (χ4n) is 4.99. The number of aliphatic hydroxyl groups is 1. The van der Waals surface area contributed by atoms with Gasteiger partial charge < -0.3 is 9.84 Å². The highest BCUT2D eigenvalue weighted by molar-refractivity contribution is 5.31. The molecule has 0 aromatic heterocycles. The maximum Gasteiger partial charge on any atom is 0.0955 e. The van der Waals surface area contributed by atoms with Gasteiger partial charge in [-0.2, -0.15) is 0 Å². The first-order valence-electron chi connectivity index (χ1n) is 8.37. The Kier molecular flexibility index (Phi) is 3.34. The molecule has 2 fully saturated rings. The maximum atomic E-state index is 9.64. The minimum Gasteiger partial charge on any atom is -0.393 e. The van der Waals surface area contributed by atoms with Crippen molar-refractivity contribution in [2.75, 3.05) is 0 Å². The summed E-state index contributed by atoms with van der Waals surface area (Å²) in [5.74, 6) is 0.698. The molecule has 2 heteroatoms. The minimum absolute atomic E-state index is 0.0129. The van der Waals surface area contributed by atoms with E-state index in [1.165, 1.54) is 37.7 Å². The molecule has 0 aromatic carbocycles. The van der Waals surface area contributed by atoms with Crippen LogP contribution in [0.1, 0.15) is 72.6 Å². The summed E-state index contributed by atoms with van der Waals surface area (Å²) in [6.45, 7) is 8.89. The smallest absolute Gasteiger partial charge is 0.0955 e. The highest BCUT2D eigenvalue weighted by Gasteiger charge is 2.64. The third-order valence-electron chi connectivity index (χ3n) is 6.41. The lowest BCUT2D eigenvalue weighted by Gasteiger charge is -2.52. The number of rotatable bonds is 3. The third-order valence-corrected chi connectivity index (χ3v) is 6.41. The van der Waals surface area contributed by atoms with E-state index in [4.69, 9.17) is 4.74 Å². The molecule has 0 aromatic rings. The van der Waals surface area contributed by atoms with Gasteiger partial charge in [-0.3, -0.25) is 0 Å². The summed E-state index contributed by atoms with van der Waals surface area (Å²) in [6, 6.07) is 0. The van der Waals surface area contributed by atoms with Crippen molar-refractivity contribution in [2.24, 2.45) is 11.3 Å². The molecular formula is C18H30O2. The van der Waals surface area contributed by atoms with Crippen LogP contribution in [0.3, 0.4) is 0 Å². The maximum absolute atomic E-state index is 9.64. The quantitative estimate of drug-likeness (QED) is 0.783. The average molecular weight is 278 g/mol. The summed E-state index contributed by atoms with van der Waals surface area (Å²) in [7, 11) is 0. The molecular weight excluding hydrogens is 248 g/mol. The fourth-order valence-corrected chi connectivity index (χ4v) is 4.99. The fraction of sp³-hybridized carbons (Fsp3) is 0.889. The van der Waals surface area contributed by atoms with Crippen molar-refractivity contribution in [3.8, 4) is 0 Å². The third kappa shape index (κ3) is 1.99. The van der Waals surface area contributed by atoms with Crippen LogP contribution in [-0.2, 0) is 4.74 Å². The van der Waals surface area contributed by atoms with Gasteiger partial charge in [0.15, 0.2) is 0 Å². The number of fused-ring (bicyclic) bond motifs is 1. The summed E-state index contributed by atoms with van der Waals surface area (Å²) in [5, 5.41) is 9.64. The van der Waals surface area contributed by atoms with Gasteiger partial charge in [-0.05, 0) is 77.2 Å². The van der Waals surface area contributed by atoms with Crippen LogP contribution >= 0.6 is 0 Å². The van der Waals surface area contributed by atoms with Crippen LogP contribution in [0, 0.1) is 11.3 Å². The van der Waals surface area contributed by atoms with Crippen LogP contribution in [-0.4, -0.2) is 22.4 Å². The van der Waals surface area contributed by atoms with Gasteiger partial charge in [0, 0.05) is 5.41 Å². The predicted octanol–water partition coefficient (Wildman–Crippen LogP) is 4.22. The predicted molar refractivity (Wildman–Crippen MR) is 81.6 cm³/mol. The molecule has 1 saturated carbocycles. The van der Waals surface area contributed by atoms with Crippen LogP contribution in [0.5, 0.6) is 0 Å². The number of aliphatic hydroxyl groups excluding tert-OH is 1. The van der Waals surface area contributed by atoms with E-state index in [0.29, 0.717) is 11.3 Å². The first kappa shape index (κ1) is 14.6. The van der Waals surface area contributed by atoms with Gasteiger partial charge in [0.2, 0.25) is 0 Å². The average Bonchev–Trinajstić information content (AvgIpc) is 2.58. The molecule has 2 bridgehead atoms. The Labute approximate surface area is 123 Å². The molecule has 1 aliphatic heterocycles. The Morgan fingerprint density at radius 3 is 2.80 bits per heavy atom. The molecule has 20 heavy (non-hydrogen) atoms. The number of hydrogen-bond donors (Lipinski definition) is 1. The van der Waals surface area contributed by atoms with Gasteiger partial charge in [-0.25, -0.2) is 0 Å². The van der Waals surface area contributed by atoms with E-state index in [9.17, 15) is 5.11 Å². The summed E-state index contributed by atoms with van der Waals surface area (Å²) < 4.78 is 6.76. The van der Waals surface area contributed by atoms with E-state index < -0.39 is 0 Å². The number of hydrogen-bond acceptors (Lipinski definition) is 2. The Morgan fingerprint density at radius 1 is 1.35 bits per heavy atom. The molecule has 1 N–H and O–H groups in total. The Balaban J connectivity index is 1.94. The summed E-state index contributed by atoms with van der Waals surface area (Å²) >= 11 is 0. The van der Waals surface area contributed by atoms with Crippen molar-refractivity contribution in [1.82, 2.24) is 0 Å². The SMILES string of the molecule is C[C@@H](O)CCC1=CCC[C@]2(C)CC[C@@H]3C[C@]12OC3(C)C. The van der Waals surface area contributed by atoms with Gasteiger partial charge in [0.1, 0.15) is 0 Å². The summed E-state index contributed by atoms with van der Waals surface area (Å²) in [5.41, 5.74) is 1.77. The molecule has 2 nitrogen and oxygen atoms in total. The Morgan fingerprint density at radius 2 is 2.10 bits per heavy atom. The van der Waals surface area contributed by atoms with Crippen molar-refractivity contribution in [3.63, 3.8) is 0 Å².